The van der Waals surface area contributed by atoms with Gasteiger partial charge in [0.25, 0.3) is 0 Å². The van der Waals surface area contributed by atoms with Crippen LogP contribution in [0.4, 0.5) is 0 Å². The van der Waals surface area contributed by atoms with E-state index in [0.717, 1.165) is 25.5 Å². The van der Waals surface area contributed by atoms with Gasteiger partial charge in [-0.1, -0.05) is 45.0 Å². The van der Waals surface area contributed by atoms with Gasteiger partial charge in [-0.3, -0.25) is 4.99 Å². The van der Waals surface area contributed by atoms with Gasteiger partial charge in [0.05, 0.1) is 6.04 Å². The van der Waals surface area contributed by atoms with Gasteiger partial charge in [-0.25, -0.2) is 0 Å². The van der Waals surface area contributed by atoms with Crippen LogP contribution in [-0.2, 0) is 6.42 Å². The van der Waals surface area contributed by atoms with Crippen molar-refractivity contribution in [3.05, 3.63) is 35.4 Å². The van der Waals surface area contributed by atoms with Crippen LogP contribution >= 0.6 is 24.0 Å². The van der Waals surface area contributed by atoms with E-state index in [4.69, 9.17) is 0 Å². The van der Waals surface area contributed by atoms with Gasteiger partial charge < -0.3 is 20.4 Å². The van der Waals surface area contributed by atoms with E-state index >= 15 is 0 Å². The van der Waals surface area contributed by atoms with E-state index in [2.05, 4.69) is 84.4 Å². The Morgan fingerprint density at radius 2 is 1.66 bits per heavy atom. The standard InChI is InChI=1S/C23H41N5.HI/c1-18(2)15-21-7-9-22(10-8-21)20(4)26-23(24-5)25-16-19(3)17-28-13-11-27(6)12-14-28;/h7-10,18-20H,11-17H2,1-6H3,(H2,24,25,26);1H. The van der Waals surface area contributed by atoms with Crippen molar-refractivity contribution in [1.29, 1.82) is 0 Å². The lowest BCUT2D eigenvalue weighted by Crippen LogP contribution is -2.47. The van der Waals surface area contributed by atoms with Gasteiger partial charge in [0.2, 0.25) is 0 Å². The molecule has 29 heavy (non-hydrogen) atoms. The third-order valence-corrected chi connectivity index (χ3v) is 5.48. The van der Waals surface area contributed by atoms with Crippen LogP contribution in [0.5, 0.6) is 0 Å². The molecular formula is C23H42IN5. The fourth-order valence-corrected chi connectivity index (χ4v) is 3.70. The Morgan fingerprint density at radius 3 is 2.21 bits per heavy atom. The number of benzene rings is 1. The summed E-state index contributed by atoms with van der Waals surface area (Å²) in [5.74, 6) is 2.16. The van der Waals surface area contributed by atoms with Crippen LogP contribution in [0.15, 0.2) is 29.3 Å². The molecule has 0 radical (unpaired) electrons. The van der Waals surface area contributed by atoms with E-state index < -0.39 is 0 Å². The Bertz CT molecular complexity index is 594. The zero-order chi connectivity index (χ0) is 20.5. The number of guanidine groups is 1. The second kappa shape index (κ2) is 13.4. The first-order valence-corrected chi connectivity index (χ1v) is 10.8. The minimum Gasteiger partial charge on any atom is -0.356 e. The molecule has 2 unspecified atom stereocenters. The zero-order valence-electron chi connectivity index (χ0n) is 19.2. The number of hydrogen-bond donors (Lipinski definition) is 2. The summed E-state index contributed by atoms with van der Waals surface area (Å²) in [5, 5.41) is 7.03. The Balaban J connectivity index is 0.00000420. The number of piperazine rings is 1. The lowest BCUT2D eigenvalue weighted by atomic mass is 10.00. The molecule has 2 atom stereocenters. The topological polar surface area (TPSA) is 42.9 Å². The number of aliphatic imine (C=N–C) groups is 1. The van der Waals surface area contributed by atoms with Crippen LogP contribution in [0.25, 0.3) is 0 Å². The molecule has 1 aromatic rings. The minimum absolute atomic E-state index is 0. The molecule has 1 aliphatic rings. The van der Waals surface area contributed by atoms with E-state index in [-0.39, 0.29) is 30.0 Å². The van der Waals surface area contributed by atoms with Crippen molar-refractivity contribution in [1.82, 2.24) is 20.4 Å². The molecule has 0 aliphatic carbocycles. The molecule has 0 saturated carbocycles. The zero-order valence-corrected chi connectivity index (χ0v) is 21.6. The van der Waals surface area contributed by atoms with Gasteiger partial charge in [0, 0.05) is 46.3 Å². The van der Waals surface area contributed by atoms with E-state index in [1.807, 2.05) is 7.05 Å². The first-order chi connectivity index (χ1) is 13.4. The highest BCUT2D eigenvalue weighted by atomic mass is 127. The second-order valence-electron chi connectivity index (χ2n) is 8.87. The van der Waals surface area contributed by atoms with Gasteiger partial charge >= 0.3 is 0 Å². The average molecular weight is 516 g/mol. The number of nitrogens with zero attached hydrogens (tertiary/aromatic N) is 3. The highest BCUT2D eigenvalue weighted by Crippen LogP contribution is 2.15. The second-order valence-corrected chi connectivity index (χ2v) is 8.87. The highest BCUT2D eigenvalue weighted by Gasteiger charge is 2.16. The van der Waals surface area contributed by atoms with E-state index in [9.17, 15) is 0 Å². The van der Waals surface area contributed by atoms with Gasteiger partial charge in [-0.15, -0.1) is 24.0 Å². The molecule has 0 amide bonds. The van der Waals surface area contributed by atoms with Crippen LogP contribution in [-0.4, -0.2) is 69.1 Å². The highest BCUT2D eigenvalue weighted by molar-refractivity contribution is 14.0. The largest absolute Gasteiger partial charge is 0.356 e. The lowest BCUT2D eigenvalue weighted by Gasteiger charge is -2.34. The predicted molar refractivity (Wildman–Crippen MR) is 136 cm³/mol. The normalized spacial score (nSPS) is 18.2. The van der Waals surface area contributed by atoms with E-state index in [1.165, 1.54) is 37.3 Å². The summed E-state index contributed by atoms with van der Waals surface area (Å²) in [4.78, 5) is 9.39. The fourth-order valence-electron chi connectivity index (χ4n) is 3.70. The smallest absolute Gasteiger partial charge is 0.191 e. The SMILES string of the molecule is CN=C(NCC(C)CN1CCN(C)CC1)NC(C)c1ccc(CC(C)C)cc1.I. The number of rotatable bonds is 8. The molecule has 2 rings (SSSR count). The van der Waals surface area contributed by atoms with Crippen molar-refractivity contribution >= 4 is 29.9 Å². The Kier molecular flexibility index (Phi) is 12.1. The first kappa shape index (κ1) is 26.2. The van der Waals surface area contributed by atoms with Crippen molar-refractivity contribution in [3.8, 4) is 0 Å². The molecule has 6 heteroatoms. The minimum atomic E-state index is 0. The molecule has 0 bridgehead atoms. The van der Waals surface area contributed by atoms with E-state index in [0.29, 0.717) is 11.8 Å². The summed E-state index contributed by atoms with van der Waals surface area (Å²) in [7, 11) is 4.05. The summed E-state index contributed by atoms with van der Waals surface area (Å²) in [5.41, 5.74) is 2.70. The van der Waals surface area contributed by atoms with Crippen LogP contribution in [0.2, 0.25) is 0 Å². The van der Waals surface area contributed by atoms with Crippen molar-refractivity contribution < 1.29 is 0 Å². The fraction of sp³-hybridized carbons (Fsp3) is 0.696. The summed E-state index contributed by atoms with van der Waals surface area (Å²) in [6.45, 7) is 15.8. The van der Waals surface area contributed by atoms with Gasteiger partial charge in [0.1, 0.15) is 0 Å². The van der Waals surface area contributed by atoms with Crippen LogP contribution < -0.4 is 10.6 Å². The van der Waals surface area contributed by atoms with Crippen molar-refractivity contribution in [2.24, 2.45) is 16.8 Å². The Labute approximate surface area is 195 Å². The molecule has 166 valence electrons. The molecule has 2 N–H and O–H groups in total. The van der Waals surface area contributed by atoms with Crippen LogP contribution in [0.3, 0.4) is 0 Å². The number of halogens is 1. The molecule has 1 aliphatic heterocycles. The van der Waals surface area contributed by atoms with Crippen molar-refractivity contribution in [2.45, 2.75) is 40.2 Å². The number of nitrogens with one attached hydrogen (secondary N) is 2. The molecule has 0 aromatic heterocycles. The quantitative estimate of drug-likeness (QED) is 0.316. The van der Waals surface area contributed by atoms with Crippen molar-refractivity contribution in [2.75, 3.05) is 53.4 Å². The van der Waals surface area contributed by atoms with E-state index in [1.54, 1.807) is 0 Å². The number of hydrogen-bond acceptors (Lipinski definition) is 3. The first-order valence-electron chi connectivity index (χ1n) is 10.8. The molecular weight excluding hydrogens is 473 g/mol. The average Bonchev–Trinajstić information content (AvgIpc) is 2.67. The molecule has 0 spiro atoms. The van der Waals surface area contributed by atoms with Crippen molar-refractivity contribution in [3.63, 3.8) is 0 Å². The maximum Gasteiger partial charge on any atom is 0.191 e. The molecule has 1 aromatic carbocycles. The maximum atomic E-state index is 4.41. The maximum absolute atomic E-state index is 4.41. The molecule has 5 nitrogen and oxygen atoms in total. The summed E-state index contributed by atoms with van der Waals surface area (Å²) < 4.78 is 0. The molecule has 1 saturated heterocycles. The summed E-state index contributed by atoms with van der Waals surface area (Å²) >= 11 is 0. The lowest BCUT2D eigenvalue weighted by molar-refractivity contribution is 0.139. The van der Waals surface area contributed by atoms with Gasteiger partial charge in [-0.05, 0) is 43.4 Å². The monoisotopic (exact) mass is 515 g/mol. The number of likely N-dealkylation sites (N-methyl/N-ethyl adjacent to an activating group) is 1. The molecule has 1 fully saturated rings. The van der Waals surface area contributed by atoms with Gasteiger partial charge in [-0.2, -0.15) is 0 Å². The third kappa shape index (κ3) is 9.66. The summed E-state index contributed by atoms with van der Waals surface area (Å²) in [6, 6.07) is 9.20. The van der Waals surface area contributed by atoms with Crippen LogP contribution in [0, 0.1) is 11.8 Å². The predicted octanol–water partition coefficient (Wildman–Crippen LogP) is 3.61. The van der Waals surface area contributed by atoms with Crippen LogP contribution in [0.1, 0.15) is 44.9 Å². The van der Waals surface area contributed by atoms with Gasteiger partial charge in [0.15, 0.2) is 5.96 Å². The summed E-state index contributed by atoms with van der Waals surface area (Å²) in [6.07, 6.45) is 1.14. The third-order valence-electron chi connectivity index (χ3n) is 5.48. The Morgan fingerprint density at radius 1 is 1.03 bits per heavy atom. The molecule has 1 heterocycles. The Hall–Kier alpha value is -0.860.